The average molecular weight is 294 g/mol. The molecule has 0 unspecified atom stereocenters. The molecule has 3 rings (SSSR count). The van der Waals surface area contributed by atoms with Gasteiger partial charge in [-0.2, -0.15) is 0 Å². The summed E-state index contributed by atoms with van der Waals surface area (Å²) in [6.45, 7) is 8.07. The number of benzene rings is 2. The molecule has 1 aliphatic heterocycles. The zero-order valence-electron chi connectivity index (χ0n) is 13.4. The first-order valence-electron chi connectivity index (χ1n) is 7.79. The van der Waals surface area contributed by atoms with Gasteiger partial charge in [-0.1, -0.05) is 38.1 Å². The van der Waals surface area contributed by atoms with E-state index in [0.29, 0.717) is 5.92 Å². The Morgan fingerprint density at radius 1 is 1.14 bits per heavy atom. The molecule has 0 saturated heterocycles. The Morgan fingerprint density at radius 3 is 2.68 bits per heavy atom. The number of fused-ring (bicyclic) bond motifs is 1. The van der Waals surface area contributed by atoms with Crippen LogP contribution >= 0.6 is 0 Å². The third-order valence-corrected chi connectivity index (χ3v) is 4.26. The molecule has 0 aliphatic carbocycles. The Labute approximate surface area is 131 Å². The molecule has 0 radical (unpaired) electrons. The van der Waals surface area contributed by atoms with Gasteiger partial charge in [-0.25, -0.2) is 0 Å². The van der Waals surface area contributed by atoms with Crippen molar-refractivity contribution in [2.75, 3.05) is 5.32 Å². The third-order valence-electron chi connectivity index (χ3n) is 4.26. The number of carbonyl (C=O) groups excluding carboxylic acids is 1. The highest BCUT2D eigenvalue weighted by Crippen LogP contribution is 2.28. The molecule has 0 aromatic heterocycles. The van der Waals surface area contributed by atoms with E-state index in [0.717, 1.165) is 29.9 Å². The van der Waals surface area contributed by atoms with Crippen LogP contribution in [0.15, 0.2) is 36.4 Å². The second kappa shape index (κ2) is 5.93. The molecular formula is C19H22N2O. The lowest BCUT2D eigenvalue weighted by Gasteiger charge is -2.16. The van der Waals surface area contributed by atoms with Gasteiger partial charge in [-0.3, -0.25) is 4.79 Å². The SMILES string of the molecule is Cc1cccc(C(C)C)c1NC(=O)c1ccc2c(c1)CNC2. The summed E-state index contributed by atoms with van der Waals surface area (Å²) in [6.07, 6.45) is 0. The lowest BCUT2D eigenvalue weighted by atomic mass is 9.98. The number of rotatable bonds is 3. The van der Waals surface area contributed by atoms with Gasteiger partial charge in [-0.15, -0.1) is 0 Å². The predicted molar refractivity (Wildman–Crippen MR) is 90.2 cm³/mol. The highest BCUT2D eigenvalue weighted by Gasteiger charge is 2.16. The van der Waals surface area contributed by atoms with E-state index >= 15 is 0 Å². The molecule has 0 spiro atoms. The number of hydrogen-bond donors (Lipinski definition) is 2. The van der Waals surface area contributed by atoms with Crippen molar-refractivity contribution in [1.29, 1.82) is 0 Å². The molecular weight excluding hydrogens is 272 g/mol. The van der Waals surface area contributed by atoms with E-state index < -0.39 is 0 Å². The van der Waals surface area contributed by atoms with E-state index in [1.165, 1.54) is 16.7 Å². The average Bonchev–Trinajstić information content (AvgIpc) is 2.96. The Kier molecular flexibility index (Phi) is 3.99. The third kappa shape index (κ3) is 2.77. The van der Waals surface area contributed by atoms with Crippen molar-refractivity contribution >= 4 is 11.6 Å². The molecule has 2 aromatic rings. The normalized spacial score (nSPS) is 13.3. The van der Waals surface area contributed by atoms with Crippen LogP contribution in [0.25, 0.3) is 0 Å². The molecule has 0 bridgehead atoms. The second-order valence-electron chi connectivity index (χ2n) is 6.24. The van der Waals surface area contributed by atoms with Gasteiger partial charge in [0.25, 0.3) is 5.91 Å². The highest BCUT2D eigenvalue weighted by molar-refractivity contribution is 6.05. The van der Waals surface area contributed by atoms with Crippen LogP contribution in [0.3, 0.4) is 0 Å². The summed E-state index contributed by atoms with van der Waals surface area (Å²) < 4.78 is 0. The van der Waals surface area contributed by atoms with E-state index in [-0.39, 0.29) is 5.91 Å². The number of anilines is 1. The van der Waals surface area contributed by atoms with Crippen LogP contribution in [-0.4, -0.2) is 5.91 Å². The fraction of sp³-hybridized carbons (Fsp3) is 0.316. The number of hydrogen-bond acceptors (Lipinski definition) is 2. The van der Waals surface area contributed by atoms with Gasteiger partial charge in [0.15, 0.2) is 0 Å². The number of para-hydroxylation sites is 1. The first-order valence-corrected chi connectivity index (χ1v) is 7.79. The molecule has 3 heteroatoms. The van der Waals surface area contributed by atoms with Gasteiger partial charge in [0.2, 0.25) is 0 Å². The van der Waals surface area contributed by atoms with Crippen molar-refractivity contribution in [2.45, 2.75) is 39.8 Å². The Hall–Kier alpha value is -2.13. The number of carbonyl (C=O) groups is 1. The number of amides is 1. The van der Waals surface area contributed by atoms with E-state index in [9.17, 15) is 4.79 Å². The number of nitrogens with one attached hydrogen (secondary N) is 2. The summed E-state index contributed by atoms with van der Waals surface area (Å²) in [5.41, 5.74) is 6.46. The fourth-order valence-electron chi connectivity index (χ4n) is 2.96. The highest BCUT2D eigenvalue weighted by atomic mass is 16.1. The van der Waals surface area contributed by atoms with Gasteiger partial charge in [0.1, 0.15) is 0 Å². The van der Waals surface area contributed by atoms with E-state index in [1.54, 1.807) is 0 Å². The second-order valence-corrected chi connectivity index (χ2v) is 6.24. The van der Waals surface area contributed by atoms with Crippen molar-refractivity contribution in [3.8, 4) is 0 Å². The number of aryl methyl sites for hydroxylation is 1. The summed E-state index contributed by atoms with van der Waals surface area (Å²) in [5, 5.41) is 6.41. The summed E-state index contributed by atoms with van der Waals surface area (Å²) in [7, 11) is 0. The summed E-state index contributed by atoms with van der Waals surface area (Å²) in [6, 6.07) is 12.1. The Morgan fingerprint density at radius 2 is 1.91 bits per heavy atom. The molecule has 114 valence electrons. The minimum absolute atomic E-state index is 0.0362. The van der Waals surface area contributed by atoms with Crippen LogP contribution < -0.4 is 10.6 Å². The van der Waals surface area contributed by atoms with Gasteiger partial charge >= 0.3 is 0 Å². The van der Waals surface area contributed by atoms with Crippen LogP contribution in [-0.2, 0) is 13.1 Å². The minimum Gasteiger partial charge on any atom is -0.321 e. The maximum atomic E-state index is 12.6. The predicted octanol–water partition coefficient (Wildman–Crippen LogP) is 3.97. The summed E-state index contributed by atoms with van der Waals surface area (Å²) >= 11 is 0. The smallest absolute Gasteiger partial charge is 0.255 e. The maximum absolute atomic E-state index is 12.6. The van der Waals surface area contributed by atoms with E-state index in [1.807, 2.05) is 37.3 Å². The first-order chi connectivity index (χ1) is 10.6. The van der Waals surface area contributed by atoms with Gasteiger partial charge in [0, 0.05) is 24.3 Å². The van der Waals surface area contributed by atoms with Gasteiger partial charge < -0.3 is 10.6 Å². The zero-order chi connectivity index (χ0) is 15.7. The van der Waals surface area contributed by atoms with E-state index in [2.05, 4.69) is 30.5 Å². The molecule has 2 N–H and O–H groups in total. The Bertz CT molecular complexity index is 719. The van der Waals surface area contributed by atoms with Crippen molar-refractivity contribution < 1.29 is 4.79 Å². The first kappa shape index (κ1) is 14.8. The molecule has 1 aliphatic rings. The van der Waals surface area contributed by atoms with Crippen LogP contribution in [0.2, 0.25) is 0 Å². The lowest BCUT2D eigenvalue weighted by molar-refractivity contribution is 0.102. The molecule has 2 aromatic carbocycles. The van der Waals surface area contributed by atoms with Crippen molar-refractivity contribution in [1.82, 2.24) is 5.32 Å². The van der Waals surface area contributed by atoms with E-state index in [4.69, 9.17) is 0 Å². The summed E-state index contributed by atoms with van der Waals surface area (Å²) in [5.74, 6) is 0.338. The van der Waals surface area contributed by atoms with Crippen LogP contribution in [0, 0.1) is 6.92 Å². The Balaban J connectivity index is 1.89. The standard InChI is InChI=1S/C19H22N2O/c1-12(2)17-6-4-5-13(3)18(17)21-19(22)14-7-8-15-10-20-11-16(15)9-14/h4-9,12,20H,10-11H2,1-3H3,(H,21,22). The molecule has 1 heterocycles. The quantitative estimate of drug-likeness (QED) is 0.899. The zero-order valence-corrected chi connectivity index (χ0v) is 13.4. The minimum atomic E-state index is -0.0362. The molecule has 0 atom stereocenters. The van der Waals surface area contributed by atoms with Gasteiger partial charge in [0.05, 0.1) is 0 Å². The summed E-state index contributed by atoms with van der Waals surface area (Å²) in [4.78, 5) is 12.6. The van der Waals surface area contributed by atoms with Crippen LogP contribution in [0.1, 0.15) is 52.4 Å². The molecule has 3 nitrogen and oxygen atoms in total. The van der Waals surface area contributed by atoms with Crippen molar-refractivity contribution in [3.05, 3.63) is 64.2 Å². The molecule has 0 fully saturated rings. The molecule has 0 saturated carbocycles. The topological polar surface area (TPSA) is 41.1 Å². The maximum Gasteiger partial charge on any atom is 0.255 e. The van der Waals surface area contributed by atoms with Crippen molar-refractivity contribution in [3.63, 3.8) is 0 Å². The molecule has 22 heavy (non-hydrogen) atoms. The lowest BCUT2D eigenvalue weighted by Crippen LogP contribution is -2.15. The van der Waals surface area contributed by atoms with Crippen LogP contribution in [0.4, 0.5) is 5.69 Å². The van der Waals surface area contributed by atoms with Crippen LogP contribution in [0.5, 0.6) is 0 Å². The monoisotopic (exact) mass is 294 g/mol. The molecule has 1 amide bonds. The largest absolute Gasteiger partial charge is 0.321 e. The van der Waals surface area contributed by atoms with Gasteiger partial charge in [-0.05, 0) is 47.2 Å². The van der Waals surface area contributed by atoms with Crippen molar-refractivity contribution in [2.24, 2.45) is 0 Å². The fourth-order valence-corrected chi connectivity index (χ4v) is 2.96.